The van der Waals surface area contributed by atoms with Crippen LogP contribution in [0.25, 0.3) is 5.69 Å². The van der Waals surface area contributed by atoms with Gasteiger partial charge in [0.15, 0.2) is 0 Å². The van der Waals surface area contributed by atoms with Crippen LogP contribution in [0.1, 0.15) is 59.6 Å². The zero-order chi connectivity index (χ0) is 23.9. The second kappa shape index (κ2) is 11.6. The number of hydrogen-bond donors (Lipinski definition) is 2. The molecule has 0 unspecified atom stereocenters. The molecule has 0 aliphatic carbocycles. The number of amides is 3. The van der Waals surface area contributed by atoms with E-state index in [1.807, 2.05) is 33.8 Å². The van der Waals surface area contributed by atoms with E-state index in [1.54, 1.807) is 22.9 Å². The third-order valence-corrected chi connectivity index (χ3v) is 5.55. The lowest BCUT2D eigenvalue weighted by molar-refractivity contribution is -0.116. The molecule has 2 rings (SSSR count). The highest BCUT2D eigenvalue weighted by Crippen LogP contribution is 2.29. The second-order valence-corrected chi connectivity index (χ2v) is 9.54. The molecule has 32 heavy (non-hydrogen) atoms. The van der Waals surface area contributed by atoms with Crippen LogP contribution in [0.15, 0.2) is 24.3 Å². The highest BCUT2D eigenvalue weighted by molar-refractivity contribution is 6.42. The van der Waals surface area contributed by atoms with E-state index in [9.17, 15) is 9.59 Å². The van der Waals surface area contributed by atoms with Gasteiger partial charge in [-0.05, 0) is 31.0 Å². The zero-order valence-corrected chi connectivity index (χ0v) is 21.0. The molecule has 3 amide bonds. The number of benzene rings is 1. The Morgan fingerprint density at radius 3 is 2.41 bits per heavy atom. The molecule has 1 heterocycles. The van der Waals surface area contributed by atoms with Gasteiger partial charge >= 0.3 is 6.03 Å². The standard InChI is InChI=1S/C23H33Cl2N5O2/c1-6-8-11-26-22(32)29(12-7-2)15-21(31)27-20-14-19(23(3,4)5)28-30(20)16-9-10-17(24)18(25)13-16/h9-10,13-14H,6-8,11-12,15H2,1-5H3,(H,26,32)(H,27,31). The number of anilines is 1. The Bertz CT molecular complexity index is 937. The minimum absolute atomic E-state index is 0.0524. The number of carbonyl (C=O) groups is 2. The number of carbonyl (C=O) groups excluding carboxylic acids is 2. The summed E-state index contributed by atoms with van der Waals surface area (Å²) in [7, 11) is 0. The molecule has 0 aliphatic heterocycles. The number of urea groups is 1. The molecule has 0 aliphatic rings. The fourth-order valence-corrected chi connectivity index (χ4v) is 3.30. The molecule has 2 aromatic rings. The van der Waals surface area contributed by atoms with E-state index < -0.39 is 0 Å². The maximum Gasteiger partial charge on any atom is 0.317 e. The fourth-order valence-electron chi connectivity index (χ4n) is 3.01. The summed E-state index contributed by atoms with van der Waals surface area (Å²) in [5.74, 6) is 0.201. The summed E-state index contributed by atoms with van der Waals surface area (Å²) in [4.78, 5) is 26.9. The van der Waals surface area contributed by atoms with Crippen LogP contribution < -0.4 is 10.6 Å². The molecular formula is C23H33Cl2N5O2. The Labute approximate surface area is 200 Å². The van der Waals surface area contributed by atoms with Crippen molar-refractivity contribution in [1.82, 2.24) is 20.0 Å². The minimum atomic E-state index is -0.300. The van der Waals surface area contributed by atoms with Crippen LogP contribution in [-0.2, 0) is 10.2 Å². The van der Waals surface area contributed by atoms with Gasteiger partial charge in [-0.2, -0.15) is 5.10 Å². The van der Waals surface area contributed by atoms with E-state index in [0.29, 0.717) is 34.6 Å². The number of halogens is 2. The quantitative estimate of drug-likeness (QED) is 0.454. The van der Waals surface area contributed by atoms with Gasteiger partial charge < -0.3 is 15.5 Å². The largest absolute Gasteiger partial charge is 0.338 e. The van der Waals surface area contributed by atoms with Gasteiger partial charge in [0.05, 0.1) is 21.4 Å². The molecule has 0 radical (unpaired) electrons. The Morgan fingerprint density at radius 2 is 1.81 bits per heavy atom. The summed E-state index contributed by atoms with van der Waals surface area (Å²) in [5.41, 5.74) is 1.25. The van der Waals surface area contributed by atoms with Crippen molar-refractivity contribution in [3.63, 3.8) is 0 Å². The summed E-state index contributed by atoms with van der Waals surface area (Å²) in [6, 6.07) is 6.78. The van der Waals surface area contributed by atoms with Gasteiger partial charge in [0.1, 0.15) is 12.4 Å². The van der Waals surface area contributed by atoms with Gasteiger partial charge in [-0.15, -0.1) is 0 Å². The van der Waals surface area contributed by atoms with Crippen molar-refractivity contribution in [2.75, 3.05) is 25.0 Å². The molecule has 0 fully saturated rings. The highest BCUT2D eigenvalue weighted by atomic mass is 35.5. The van der Waals surface area contributed by atoms with E-state index in [0.717, 1.165) is 25.0 Å². The number of rotatable bonds is 9. The van der Waals surface area contributed by atoms with Gasteiger partial charge in [-0.25, -0.2) is 9.48 Å². The SMILES string of the molecule is CCCCNC(=O)N(CCC)CC(=O)Nc1cc(C(C)(C)C)nn1-c1ccc(Cl)c(Cl)c1. The monoisotopic (exact) mass is 481 g/mol. The van der Waals surface area contributed by atoms with E-state index in [1.165, 1.54) is 4.90 Å². The topological polar surface area (TPSA) is 79.3 Å². The van der Waals surface area contributed by atoms with Crippen molar-refractivity contribution in [2.24, 2.45) is 0 Å². The van der Waals surface area contributed by atoms with Crippen LogP contribution in [0.5, 0.6) is 0 Å². The highest BCUT2D eigenvalue weighted by Gasteiger charge is 2.23. The first-order valence-corrected chi connectivity index (χ1v) is 11.7. The van der Waals surface area contributed by atoms with Crippen molar-refractivity contribution in [1.29, 1.82) is 0 Å². The summed E-state index contributed by atoms with van der Waals surface area (Å²) >= 11 is 12.3. The Morgan fingerprint density at radius 1 is 1.09 bits per heavy atom. The molecule has 7 nitrogen and oxygen atoms in total. The van der Waals surface area contributed by atoms with Crippen LogP contribution in [0.3, 0.4) is 0 Å². The van der Waals surface area contributed by atoms with Crippen LogP contribution in [0.4, 0.5) is 10.6 Å². The van der Waals surface area contributed by atoms with Gasteiger partial charge in [-0.1, -0.05) is 64.2 Å². The van der Waals surface area contributed by atoms with E-state index in [2.05, 4.69) is 22.7 Å². The predicted molar refractivity (Wildman–Crippen MR) is 131 cm³/mol. The third-order valence-electron chi connectivity index (χ3n) is 4.81. The fraction of sp³-hybridized carbons (Fsp3) is 0.522. The van der Waals surface area contributed by atoms with Crippen LogP contribution in [0, 0.1) is 0 Å². The maximum absolute atomic E-state index is 12.9. The smallest absolute Gasteiger partial charge is 0.317 e. The summed E-state index contributed by atoms with van der Waals surface area (Å²) in [6.07, 6.45) is 2.64. The first-order chi connectivity index (χ1) is 15.1. The molecule has 0 atom stereocenters. The van der Waals surface area contributed by atoms with Crippen molar-refractivity contribution in [2.45, 2.75) is 59.3 Å². The van der Waals surface area contributed by atoms with Crippen molar-refractivity contribution < 1.29 is 9.59 Å². The van der Waals surface area contributed by atoms with Crippen LogP contribution in [-0.4, -0.2) is 46.3 Å². The average molecular weight is 482 g/mol. The lowest BCUT2D eigenvalue weighted by Crippen LogP contribution is -2.44. The predicted octanol–water partition coefficient (Wildman–Crippen LogP) is 5.64. The molecule has 0 saturated carbocycles. The summed E-state index contributed by atoms with van der Waals surface area (Å²) < 4.78 is 1.63. The number of unbranched alkanes of at least 4 members (excludes halogenated alkanes) is 1. The van der Waals surface area contributed by atoms with Gasteiger partial charge in [0.25, 0.3) is 0 Å². The van der Waals surface area contributed by atoms with E-state index in [4.69, 9.17) is 23.2 Å². The summed E-state index contributed by atoms with van der Waals surface area (Å²) in [5, 5.41) is 11.3. The minimum Gasteiger partial charge on any atom is -0.338 e. The Balaban J connectivity index is 2.25. The van der Waals surface area contributed by atoms with Crippen molar-refractivity contribution >= 4 is 41.0 Å². The molecule has 1 aromatic heterocycles. The first-order valence-electron chi connectivity index (χ1n) is 10.9. The van der Waals surface area contributed by atoms with Gasteiger partial charge in [0, 0.05) is 24.6 Å². The third kappa shape index (κ3) is 7.14. The summed E-state index contributed by atoms with van der Waals surface area (Å²) in [6.45, 7) is 11.2. The molecule has 0 saturated heterocycles. The number of nitrogens with zero attached hydrogens (tertiary/aromatic N) is 3. The molecule has 176 valence electrons. The van der Waals surface area contributed by atoms with Crippen molar-refractivity contribution in [3.05, 3.63) is 40.0 Å². The van der Waals surface area contributed by atoms with Crippen molar-refractivity contribution in [3.8, 4) is 5.69 Å². The second-order valence-electron chi connectivity index (χ2n) is 8.73. The van der Waals surface area contributed by atoms with Gasteiger partial charge in [-0.3, -0.25) is 4.79 Å². The lowest BCUT2D eigenvalue weighted by atomic mass is 9.92. The zero-order valence-electron chi connectivity index (χ0n) is 19.5. The van der Waals surface area contributed by atoms with Crippen LogP contribution >= 0.6 is 23.2 Å². The Kier molecular flexibility index (Phi) is 9.40. The molecule has 9 heteroatoms. The average Bonchev–Trinajstić information content (AvgIpc) is 3.14. The lowest BCUT2D eigenvalue weighted by Gasteiger charge is -2.22. The Hall–Kier alpha value is -2.25. The van der Waals surface area contributed by atoms with E-state index in [-0.39, 0.29) is 23.9 Å². The molecular weight excluding hydrogens is 449 g/mol. The normalized spacial score (nSPS) is 11.3. The number of nitrogens with one attached hydrogen (secondary N) is 2. The maximum atomic E-state index is 12.9. The number of hydrogen-bond acceptors (Lipinski definition) is 3. The van der Waals surface area contributed by atoms with Gasteiger partial charge in [0.2, 0.25) is 5.91 Å². The van der Waals surface area contributed by atoms with Crippen LogP contribution in [0.2, 0.25) is 10.0 Å². The molecule has 0 bridgehead atoms. The molecule has 0 spiro atoms. The first kappa shape index (κ1) is 26.0. The number of aromatic nitrogens is 2. The molecule has 2 N–H and O–H groups in total. The molecule has 1 aromatic carbocycles. The van der Waals surface area contributed by atoms with E-state index >= 15 is 0 Å².